The van der Waals surface area contributed by atoms with E-state index in [0.29, 0.717) is 17.9 Å². The molecular weight excluding hydrogens is 248 g/mol. The largest absolute Gasteiger partial charge is 0.480 e. The number of hydrogen-bond donors (Lipinski definition) is 2. The van der Waals surface area contributed by atoms with Crippen molar-refractivity contribution in [1.29, 1.82) is 0 Å². The minimum Gasteiger partial charge on any atom is -0.480 e. The third-order valence-electron chi connectivity index (χ3n) is 2.37. The van der Waals surface area contributed by atoms with E-state index in [9.17, 15) is 4.79 Å². The SMILES string of the molecule is CCCNC(=O)C(C)Oc1ccccc1C(N)=S. The third-order valence-corrected chi connectivity index (χ3v) is 2.59. The van der Waals surface area contributed by atoms with Gasteiger partial charge in [0.15, 0.2) is 6.10 Å². The van der Waals surface area contributed by atoms with Crippen LogP contribution in [0.2, 0.25) is 0 Å². The summed E-state index contributed by atoms with van der Waals surface area (Å²) in [6.45, 7) is 4.33. The molecule has 0 aromatic heterocycles. The van der Waals surface area contributed by atoms with Crippen LogP contribution in [0, 0.1) is 0 Å². The molecule has 1 rings (SSSR count). The normalized spacial score (nSPS) is 11.7. The molecule has 98 valence electrons. The van der Waals surface area contributed by atoms with Gasteiger partial charge in [-0.25, -0.2) is 0 Å². The zero-order valence-electron chi connectivity index (χ0n) is 10.6. The first-order valence-electron chi connectivity index (χ1n) is 5.89. The summed E-state index contributed by atoms with van der Waals surface area (Å²) in [7, 11) is 0. The molecule has 18 heavy (non-hydrogen) atoms. The van der Waals surface area contributed by atoms with Gasteiger partial charge >= 0.3 is 0 Å². The Labute approximate surface area is 113 Å². The molecule has 0 bridgehead atoms. The van der Waals surface area contributed by atoms with E-state index in [-0.39, 0.29) is 10.9 Å². The first-order valence-corrected chi connectivity index (χ1v) is 6.30. The highest BCUT2D eigenvalue weighted by Crippen LogP contribution is 2.19. The number of nitrogens with two attached hydrogens (primary N) is 1. The molecule has 0 heterocycles. The Morgan fingerprint density at radius 1 is 1.50 bits per heavy atom. The Balaban J connectivity index is 2.72. The number of rotatable bonds is 6. The maximum Gasteiger partial charge on any atom is 0.260 e. The Morgan fingerprint density at radius 3 is 2.78 bits per heavy atom. The van der Waals surface area contributed by atoms with E-state index in [0.717, 1.165) is 6.42 Å². The van der Waals surface area contributed by atoms with Crippen LogP contribution in [0.25, 0.3) is 0 Å². The van der Waals surface area contributed by atoms with Crippen molar-refractivity contribution in [1.82, 2.24) is 5.32 Å². The van der Waals surface area contributed by atoms with Gasteiger partial charge in [0.1, 0.15) is 10.7 Å². The summed E-state index contributed by atoms with van der Waals surface area (Å²) in [5.74, 6) is 0.388. The molecule has 1 aromatic carbocycles. The number of benzene rings is 1. The second-order valence-corrected chi connectivity index (χ2v) is 4.35. The maximum absolute atomic E-state index is 11.7. The molecule has 1 amide bonds. The quantitative estimate of drug-likeness (QED) is 0.768. The standard InChI is InChI=1S/C13H18N2O2S/c1-3-8-15-13(16)9(2)17-11-7-5-4-6-10(11)12(14)18/h4-7,9H,3,8H2,1-2H3,(H2,14,18)(H,15,16). The van der Waals surface area contributed by atoms with Gasteiger partial charge < -0.3 is 15.8 Å². The van der Waals surface area contributed by atoms with E-state index >= 15 is 0 Å². The van der Waals surface area contributed by atoms with E-state index in [2.05, 4.69) is 5.32 Å². The average molecular weight is 266 g/mol. The van der Waals surface area contributed by atoms with Crippen molar-refractivity contribution in [3.63, 3.8) is 0 Å². The van der Waals surface area contributed by atoms with Crippen molar-refractivity contribution in [3.8, 4) is 5.75 Å². The van der Waals surface area contributed by atoms with Gasteiger partial charge in [-0.3, -0.25) is 4.79 Å². The number of amides is 1. The number of carbonyl (C=O) groups excluding carboxylic acids is 1. The van der Waals surface area contributed by atoms with Gasteiger partial charge in [0.05, 0.1) is 5.56 Å². The van der Waals surface area contributed by atoms with Crippen molar-refractivity contribution >= 4 is 23.1 Å². The fourth-order valence-electron chi connectivity index (χ4n) is 1.41. The topological polar surface area (TPSA) is 64.3 Å². The van der Waals surface area contributed by atoms with Crippen LogP contribution in [0.3, 0.4) is 0 Å². The molecule has 0 radical (unpaired) electrons. The molecule has 0 spiro atoms. The lowest BCUT2D eigenvalue weighted by Crippen LogP contribution is -2.37. The van der Waals surface area contributed by atoms with Crippen molar-refractivity contribution < 1.29 is 9.53 Å². The Hall–Kier alpha value is -1.62. The molecule has 5 heteroatoms. The van der Waals surface area contributed by atoms with Gasteiger partial charge in [-0.1, -0.05) is 31.3 Å². The first kappa shape index (κ1) is 14.4. The van der Waals surface area contributed by atoms with Crippen LogP contribution in [0.15, 0.2) is 24.3 Å². The molecule has 0 aliphatic heterocycles. The van der Waals surface area contributed by atoms with Gasteiger partial charge in [0.2, 0.25) is 0 Å². The number of para-hydroxylation sites is 1. The zero-order valence-corrected chi connectivity index (χ0v) is 11.4. The third kappa shape index (κ3) is 4.00. The van der Waals surface area contributed by atoms with Crippen molar-refractivity contribution in [2.45, 2.75) is 26.4 Å². The summed E-state index contributed by atoms with van der Waals surface area (Å²) in [5.41, 5.74) is 6.24. The number of carbonyl (C=O) groups is 1. The van der Waals surface area contributed by atoms with E-state index in [1.54, 1.807) is 19.1 Å². The maximum atomic E-state index is 11.7. The van der Waals surface area contributed by atoms with E-state index < -0.39 is 6.10 Å². The molecule has 0 saturated carbocycles. The molecule has 1 atom stereocenters. The number of hydrogen-bond acceptors (Lipinski definition) is 3. The second kappa shape index (κ2) is 6.96. The Morgan fingerprint density at radius 2 is 2.17 bits per heavy atom. The summed E-state index contributed by atoms with van der Waals surface area (Å²) in [6.07, 6.45) is 0.314. The highest BCUT2D eigenvalue weighted by atomic mass is 32.1. The average Bonchev–Trinajstić information content (AvgIpc) is 2.36. The van der Waals surface area contributed by atoms with E-state index in [1.807, 2.05) is 19.1 Å². The van der Waals surface area contributed by atoms with Crippen LogP contribution in [0.4, 0.5) is 0 Å². The molecule has 1 aromatic rings. The van der Waals surface area contributed by atoms with Crippen LogP contribution < -0.4 is 15.8 Å². The fraction of sp³-hybridized carbons (Fsp3) is 0.385. The highest BCUT2D eigenvalue weighted by molar-refractivity contribution is 7.80. The molecule has 3 N–H and O–H groups in total. The minimum absolute atomic E-state index is 0.144. The Bertz CT molecular complexity index is 435. The lowest BCUT2D eigenvalue weighted by Gasteiger charge is -2.16. The van der Waals surface area contributed by atoms with Crippen molar-refractivity contribution in [2.24, 2.45) is 5.73 Å². The molecule has 1 unspecified atom stereocenters. The lowest BCUT2D eigenvalue weighted by atomic mass is 10.2. The number of nitrogens with one attached hydrogen (secondary N) is 1. The van der Waals surface area contributed by atoms with E-state index in [4.69, 9.17) is 22.7 Å². The zero-order chi connectivity index (χ0) is 13.5. The fourth-order valence-corrected chi connectivity index (χ4v) is 1.58. The summed E-state index contributed by atoms with van der Waals surface area (Å²) in [5, 5.41) is 2.77. The summed E-state index contributed by atoms with van der Waals surface area (Å²) in [6, 6.07) is 7.16. The lowest BCUT2D eigenvalue weighted by molar-refractivity contribution is -0.127. The predicted octanol–water partition coefficient (Wildman–Crippen LogP) is 1.61. The van der Waals surface area contributed by atoms with Gasteiger partial charge in [-0.15, -0.1) is 0 Å². The second-order valence-electron chi connectivity index (χ2n) is 3.91. The molecule has 0 saturated heterocycles. The smallest absolute Gasteiger partial charge is 0.260 e. The predicted molar refractivity (Wildman–Crippen MR) is 75.7 cm³/mol. The summed E-state index contributed by atoms with van der Waals surface area (Å²) in [4.78, 5) is 11.9. The Kier molecular flexibility index (Phi) is 5.58. The molecule has 0 aliphatic rings. The van der Waals surface area contributed by atoms with Crippen LogP contribution in [-0.2, 0) is 4.79 Å². The van der Waals surface area contributed by atoms with Gasteiger partial charge in [-0.2, -0.15) is 0 Å². The van der Waals surface area contributed by atoms with Crippen LogP contribution in [-0.4, -0.2) is 23.5 Å². The van der Waals surface area contributed by atoms with Crippen molar-refractivity contribution in [2.75, 3.05) is 6.54 Å². The molecular formula is C13H18N2O2S. The van der Waals surface area contributed by atoms with Gasteiger partial charge in [0, 0.05) is 6.54 Å². The minimum atomic E-state index is -0.577. The molecule has 4 nitrogen and oxygen atoms in total. The highest BCUT2D eigenvalue weighted by Gasteiger charge is 2.16. The molecule has 0 fully saturated rings. The van der Waals surface area contributed by atoms with Gasteiger partial charge in [0.25, 0.3) is 5.91 Å². The van der Waals surface area contributed by atoms with Gasteiger partial charge in [-0.05, 0) is 25.5 Å². The monoisotopic (exact) mass is 266 g/mol. The number of ether oxygens (including phenoxy) is 1. The van der Waals surface area contributed by atoms with Crippen LogP contribution in [0.1, 0.15) is 25.8 Å². The number of thiocarbonyl (C=S) groups is 1. The summed E-state index contributed by atoms with van der Waals surface area (Å²) >= 11 is 4.94. The summed E-state index contributed by atoms with van der Waals surface area (Å²) < 4.78 is 5.59. The van der Waals surface area contributed by atoms with Crippen molar-refractivity contribution in [3.05, 3.63) is 29.8 Å². The van der Waals surface area contributed by atoms with E-state index in [1.165, 1.54) is 0 Å². The van der Waals surface area contributed by atoms with Crippen LogP contribution >= 0.6 is 12.2 Å². The van der Waals surface area contributed by atoms with Crippen LogP contribution in [0.5, 0.6) is 5.75 Å². The first-order chi connectivity index (χ1) is 8.56. The molecule has 0 aliphatic carbocycles.